The Morgan fingerprint density at radius 3 is 2.90 bits per heavy atom. The fourth-order valence-corrected chi connectivity index (χ4v) is 3.31. The van der Waals surface area contributed by atoms with Crippen molar-refractivity contribution in [3.8, 4) is 17.2 Å². The van der Waals surface area contributed by atoms with Gasteiger partial charge in [-0.15, -0.1) is 0 Å². The monoisotopic (exact) mass is 298 g/mol. The Kier molecular flexibility index (Phi) is 3.67. The van der Waals surface area contributed by atoms with Crippen molar-refractivity contribution in [2.45, 2.75) is 12.5 Å². The average Bonchev–Trinajstić information content (AvgIpc) is 2.84. The number of halogens is 1. The maximum Gasteiger partial charge on any atom is 0.183 e. The van der Waals surface area contributed by atoms with Gasteiger partial charge < -0.3 is 20.3 Å². The van der Waals surface area contributed by atoms with Crippen LogP contribution in [0.3, 0.4) is 0 Å². The number of ether oxygens (including phenoxy) is 2. The molecule has 0 aromatic heterocycles. The first-order valence-electron chi connectivity index (χ1n) is 6.83. The smallest absolute Gasteiger partial charge is 0.183 e. The van der Waals surface area contributed by atoms with Gasteiger partial charge in [0, 0.05) is 18.2 Å². The summed E-state index contributed by atoms with van der Waals surface area (Å²) in [6.45, 7) is 2.52. The van der Waals surface area contributed by atoms with E-state index in [2.05, 4.69) is 4.90 Å². The van der Waals surface area contributed by atoms with Crippen LogP contribution in [-0.2, 0) is 0 Å². The SMILES string of the molecule is CN1CC(CN)CC1c1cc2c(c(Cl)c1O)OCCO2. The minimum Gasteiger partial charge on any atom is -0.506 e. The minimum absolute atomic E-state index is 0.0884. The average molecular weight is 299 g/mol. The fourth-order valence-electron chi connectivity index (χ4n) is 3.05. The summed E-state index contributed by atoms with van der Waals surface area (Å²) >= 11 is 6.21. The lowest BCUT2D eigenvalue weighted by molar-refractivity contribution is 0.170. The number of fused-ring (bicyclic) bond motifs is 1. The van der Waals surface area contributed by atoms with E-state index in [-0.39, 0.29) is 16.8 Å². The van der Waals surface area contributed by atoms with E-state index in [1.165, 1.54) is 0 Å². The number of phenolic OH excluding ortho intramolecular Hbond substituents is 1. The molecule has 2 aliphatic heterocycles. The van der Waals surface area contributed by atoms with Gasteiger partial charge in [0.1, 0.15) is 24.0 Å². The molecule has 3 N–H and O–H groups in total. The van der Waals surface area contributed by atoms with Crippen LogP contribution in [0, 0.1) is 5.92 Å². The lowest BCUT2D eigenvalue weighted by atomic mass is 9.98. The van der Waals surface area contributed by atoms with Gasteiger partial charge in [-0.2, -0.15) is 0 Å². The van der Waals surface area contributed by atoms with Crippen LogP contribution in [0.4, 0.5) is 0 Å². The van der Waals surface area contributed by atoms with Crippen LogP contribution >= 0.6 is 11.6 Å². The van der Waals surface area contributed by atoms with Gasteiger partial charge in [0.15, 0.2) is 11.5 Å². The van der Waals surface area contributed by atoms with E-state index >= 15 is 0 Å². The van der Waals surface area contributed by atoms with E-state index in [1.807, 2.05) is 13.1 Å². The third-order valence-corrected chi connectivity index (χ3v) is 4.46. The number of aromatic hydroxyl groups is 1. The summed E-state index contributed by atoms with van der Waals surface area (Å²) in [4.78, 5) is 2.19. The molecule has 0 radical (unpaired) electrons. The van der Waals surface area contributed by atoms with Crippen LogP contribution in [0.15, 0.2) is 6.07 Å². The molecule has 0 saturated carbocycles. The Balaban J connectivity index is 2.00. The number of nitrogens with zero attached hydrogens (tertiary/aromatic N) is 1. The molecule has 1 aromatic carbocycles. The molecule has 20 heavy (non-hydrogen) atoms. The van der Waals surface area contributed by atoms with Gasteiger partial charge in [-0.3, -0.25) is 4.90 Å². The van der Waals surface area contributed by atoms with Gasteiger partial charge in [0.25, 0.3) is 0 Å². The quantitative estimate of drug-likeness (QED) is 0.871. The van der Waals surface area contributed by atoms with Gasteiger partial charge >= 0.3 is 0 Å². The Hall–Kier alpha value is -1.17. The van der Waals surface area contributed by atoms with Crippen LogP contribution in [0.2, 0.25) is 5.02 Å². The van der Waals surface area contributed by atoms with Gasteiger partial charge in [0.2, 0.25) is 0 Å². The third kappa shape index (κ3) is 2.20. The van der Waals surface area contributed by atoms with Gasteiger partial charge in [-0.1, -0.05) is 11.6 Å². The second-order valence-corrected chi connectivity index (χ2v) is 5.82. The number of rotatable bonds is 2. The summed E-state index contributed by atoms with van der Waals surface area (Å²) in [5.41, 5.74) is 6.54. The summed E-state index contributed by atoms with van der Waals surface area (Å²) in [7, 11) is 2.03. The highest BCUT2D eigenvalue weighted by molar-refractivity contribution is 6.34. The second kappa shape index (κ2) is 5.31. The molecule has 1 fully saturated rings. The van der Waals surface area contributed by atoms with Gasteiger partial charge in [-0.25, -0.2) is 0 Å². The first kappa shape index (κ1) is 13.8. The highest BCUT2D eigenvalue weighted by atomic mass is 35.5. The van der Waals surface area contributed by atoms with Crippen molar-refractivity contribution in [2.75, 3.05) is 33.4 Å². The zero-order valence-electron chi connectivity index (χ0n) is 11.4. The predicted molar refractivity (Wildman–Crippen MR) is 76.6 cm³/mol. The summed E-state index contributed by atoms with van der Waals surface area (Å²) in [6.07, 6.45) is 0.913. The standard InChI is InChI=1S/C14H19ClN2O3/c1-17-7-8(6-16)4-10(17)9-5-11-14(12(15)13(9)18)20-3-2-19-11/h5,8,10,18H,2-4,6-7,16H2,1H3. The first-order valence-corrected chi connectivity index (χ1v) is 7.21. The molecule has 0 bridgehead atoms. The first-order chi connectivity index (χ1) is 9.61. The molecule has 2 heterocycles. The van der Waals surface area contributed by atoms with Crippen molar-refractivity contribution >= 4 is 11.6 Å². The van der Waals surface area contributed by atoms with Crippen molar-refractivity contribution in [2.24, 2.45) is 11.7 Å². The molecule has 2 aliphatic rings. The van der Waals surface area contributed by atoms with Crippen LogP contribution < -0.4 is 15.2 Å². The van der Waals surface area contributed by atoms with Crippen molar-refractivity contribution in [1.82, 2.24) is 4.90 Å². The van der Waals surface area contributed by atoms with Gasteiger partial charge in [0.05, 0.1) is 0 Å². The zero-order chi connectivity index (χ0) is 14.3. The van der Waals surface area contributed by atoms with Crippen molar-refractivity contribution < 1.29 is 14.6 Å². The van der Waals surface area contributed by atoms with Gasteiger partial charge in [-0.05, 0) is 32.0 Å². The van der Waals surface area contributed by atoms with Crippen LogP contribution in [0.25, 0.3) is 0 Å². The molecule has 0 amide bonds. The van der Waals surface area contributed by atoms with Crippen LogP contribution in [-0.4, -0.2) is 43.4 Å². The maximum atomic E-state index is 10.4. The van der Waals surface area contributed by atoms with Crippen molar-refractivity contribution in [3.63, 3.8) is 0 Å². The number of nitrogens with two attached hydrogens (primary N) is 1. The molecule has 1 saturated heterocycles. The molecule has 110 valence electrons. The molecule has 2 unspecified atom stereocenters. The third-order valence-electron chi connectivity index (χ3n) is 4.11. The second-order valence-electron chi connectivity index (χ2n) is 5.45. The molecule has 1 aromatic rings. The lowest BCUT2D eigenvalue weighted by Crippen LogP contribution is -2.21. The van der Waals surface area contributed by atoms with Crippen LogP contribution in [0.5, 0.6) is 17.2 Å². The van der Waals surface area contributed by atoms with Crippen molar-refractivity contribution in [3.05, 3.63) is 16.7 Å². The molecular weight excluding hydrogens is 280 g/mol. The van der Waals surface area contributed by atoms with E-state index in [1.54, 1.807) is 0 Å². The fraction of sp³-hybridized carbons (Fsp3) is 0.571. The molecule has 0 aliphatic carbocycles. The Bertz CT molecular complexity index is 524. The Labute approximate surface area is 123 Å². The largest absolute Gasteiger partial charge is 0.506 e. The normalized spacial score (nSPS) is 25.9. The molecule has 5 nitrogen and oxygen atoms in total. The molecular formula is C14H19ClN2O3. The molecule has 6 heteroatoms. The summed E-state index contributed by atoms with van der Waals surface area (Å²) < 4.78 is 11.1. The van der Waals surface area contributed by atoms with Crippen molar-refractivity contribution in [1.29, 1.82) is 0 Å². The summed E-state index contributed by atoms with van der Waals surface area (Å²) in [5.74, 6) is 1.58. The topological polar surface area (TPSA) is 68.0 Å². The van der Waals surface area contributed by atoms with Crippen LogP contribution in [0.1, 0.15) is 18.0 Å². The zero-order valence-corrected chi connectivity index (χ0v) is 12.2. The Morgan fingerprint density at radius 2 is 2.20 bits per heavy atom. The summed E-state index contributed by atoms with van der Waals surface area (Å²) in [6, 6.07) is 1.95. The molecule has 3 rings (SSSR count). The highest BCUT2D eigenvalue weighted by Crippen LogP contribution is 2.49. The van der Waals surface area contributed by atoms with E-state index in [0.717, 1.165) is 18.5 Å². The number of likely N-dealkylation sites (tertiary alicyclic amines) is 1. The maximum absolute atomic E-state index is 10.4. The van der Waals surface area contributed by atoms with E-state index in [9.17, 15) is 5.11 Å². The van der Waals surface area contributed by atoms with E-state index < -0.39 is 0 Å². The molecule has 0 spiro atoms. The number of phenols is 1. The number of benzene rings is 1. The Morgan fingerprint density at radius 1 is 1.45 bits per heavy atom. The lowest BCUT2D eigenvalue weighted by Gasteiger charge is -2.25. The predicted octanol–water partition coefficient (Wildman–Crippen LogP) is 1.77. The van der Waals surface area contributed by atoms with E-state index in [4.69, 9.17) is 26.8 Å². The number of hydrogen-bond acceptors (Lipinski definition) is 5. The number of hydrogen-bond donors (Lipinski definition) is 2. The van der Waals surface area contributed by atoms with E-state index in [0.29, 0.717) is 37.2 Å². The summed E-state index contributed by atoms with van der Waals surface area (Å²) in [5, 5.41) is 10.6. The molecule has 2 atom stereocenters. The minimum atomic E-state index is 0.0884. The highest BCUT2D eigenvalue weighted by Gasteiger charge is 2.34.